The van der Waals surface area contributed by atoms with E-state index in [1.165, 1.54) is 0 Å². The van der Waals surface area contributed by atoms with Crippen molar-refractivity contribution in [3.63, 3.8) is 0 Å². The third-order valence-corrected chi connectivity index (χ3v) is 3.05. The summed E-state index contributed by atoms with van der Waals surface area (Å²) in [7, 11) is 0. The molecule has 0 amide bonds. The predicted octanol–water partition coefficient (Wildman–Crippen LogP) is 2.41. The standard InChI is InChI=1S/C10H17O2/c1-7(2)8-3-5-9(6-4-8)10(11)12/h7-9H,3-6H2,1-2H3/t8-,9-. The molecule has 0 aromatic heterocycles. The van der Waals surface area contributed by atoms with Gasteiger partial charge in [-0.3, -0.25) is 0 Å². The fraction of sp³-hybridized carbons (Fsp3) is 0.900. The first-order valence-electron chi connectivity index (χ1n) is 4.82. The lowest BCUT2D eigenvalue weighted by atomic mass is 9.77. The lowest BCUT2D eigenvalue weighted by Crippen LogP contribution is -2.23. The summed E-state index contributed by atoms with van der Waals surface area (Å²) >= 11 is 0. The molecular weight excluding hydrogens is 152 g/mol. The van der Waals surface area contributed by atoms with E-state index in [2.05, 4.69) is 13.8 Å². The zero-order valence-electron chi connectivity index (χ0n) is 7.88. The van der Waals surface area contributed by atoms with Crippen molar-refractivity contribution in [1.29, 1.82) is 0 Å². The number of carbonyl (C=O) groups excluding carboxylic acids is 1. The maximum Gasteiger partial charge on any atom is 0.358 e. The molecule has 2 nitrogen and oxygen atoms in total. The first kappa shape index (κ1) is 9.56. The summed E-state index contributed by atoms with van der Waals surface area (Å²) in [6.07, 6.45) is 3.78. The van der Waals surface area contributed by atoms with Crippen molar-refractivity contribution in [2.75, 3.05) is 0 Å². The molecule has 0 atom stereocenters. The fourth-order valence-electron chi connectivity index (χ4n) is 2.02. The van der Waals surface area contributed by atoms with Crippen molar-refractivity contribution in [3.8, 4) is 0 Å². The highest BCUT2D eigenvalue weighted by Gasteiger charge is 2.27. The van der Waals surface area contributed by atoms with Gasteiger partial charge in [0, 0.05) is 0 Å². The Morgan fingerprint density at radius 1 is 1.17 bits per heavy atom. The second-order valence-corrected chi connectivity index (χ2v) is 4.17. The van der Waals surface area contributed by atoms with Gasteiger partial charge in [-0.25, -0.2) is 9.90 Å². The smallest absolute Gasteiger partial charge is 0.247 e. The lowest BCUT2D eigenvalue weighted by molar-refractivity contribution is -0.149. The molecule has 0 bridgehead atoms. The first-order valence-corrected chi connectivity index (χ1v) is 4.82. The monoisotopic (exact) mass is 169 g/mol. The highest BCUT2D eigenvalue weighted by atomic mass is 16.4. The van der Waals surface area contributed by atoms with Gasteiger partial charge in [0.2, 0.25) is 0 Å². The van der Waals surface area contributed by atoms with Crippen LogP contribution in [0.1, 0.15) is 39.5 Å². The van der Waals surface area contributed by atoms with E-state index in [1.54, 1.807) is 0 Å². The Bertz CT molecular complexity index is 155. The average molecular weight is 169 g/mol. The second-order valence-electron chi connectivity index (χ2n) is 4.17. The Kier molecular flexibility index (Phi) is 3.12. The molecule has 1 aliphatic rings. The number of hydrogen-bond acceptors (Lipinski definition) is 1. The highest BCUT2D eigenvalue weighted by molar-refractivity contribution is 5.69. The molecule has 0 aromatic carbocycles. The van der Waals surface area contributed by atoms with Gasteiger partial charge in [-0.05, 0) is 37.5 Å². The van der Waals surface area contributed by atoms with E-state index >= 15 is 0 Å². The zero-order chi connectivity index (χ0) is 9.14. The molecule has 0 unspecified atom stereocenters. The Morgan fingerprint density at radius 3 is 2.00 bits per heavy atom. The fourth-order valence-corrected chi connectivity index (χ4v) is 2.02. The molecule has 2 heteroatoms. The van der Waals surface area contributed by atoms with Crippen LogP contribution >= 0.6 is 0 Å². The average Bonchev–Trinajstić information content (AvgIpc) is 2.04. The van der Waals surface area contributed by atoms with Crippen LogP contribution in [-0.2, 0) is 9.90 Å². The van der Waals surface area contributed by atoms with Crippen LogP contribution in [0.15, 0.2) is 0 Å². The molecule has 0 N–H and O–H groups in total. The topological polar surface area (TPSA) is 37.0 Å². The quantitative estimate of drug-likeness (QED) is 0.625. The minimum absolute atomic E-state index is 0.167. The summed E-state index contributed by atoms with van der Waals surface area (Å²) in [4.78, 5) is 10.5. The molecule has 0 aliphatic heterocycles. The molecular formula is C10H17O2. The third kappa shape index (κ3) is 2.23. The minimum atomic E-state index is -0.850. The predicted molar refractivity (Wildman–Crippen MR) is 46.0 cm³/mol. The van der Waals surface area contributed by atoms with Crippen LogP contribution in [0.2, 0.25) is 0 Å². The number of rotatable bonds is 2. The third-order valence-electron chi connectivity index (χ3n) is 3.05. The first-order chi connectivity index (χ1) is 5.61. The van der Waals surface area contributed by atoms with Crippen molar-refractivity contribution in [3.05, 3.63) is 0 Å². The van der Waals surface area contributed by atoms with Crippen molar-refractivity contribution in [2.24, 2.45) is 17.8 Å². The number of hydrogen-bond donors (Lipinski definition) is 0. The van der Waals surface area contributed by atoms with Crippen molar-refractivity contribution >= 4 is 5.97 Å². The Morgan fingerprint density at radius 2 is 1.67 bits per heavy atom. The molecule has 0 saturated heterocycles. The van der Waals surface area contributed by atoms with Crippen LogP contribution in [0.3, 0.4) is 0 Å². The normalized spacial score (nSPS) is 30.6. The molecule has 1 rings (SSSR count). The summed E-state index contributed by atoms with van der Waals surface area (Å²) < 4.78 is 0. The van der Waals surface area contributed by atoms with Crippen LogP contribution in [0, 0.1) is 17.8 Å². The maximum absolute atomic E-state index is 10.5. The zero-order valence-corrected chi connectivity index (χ0v) is 7.88. The van der Waals surface area contributed by atoms with E-state index in [0.29, 0.717) is 5.92 Å². The molecule has 0 heterocycles. The maximum atomic E-state index is 10.5. The molecule has 0 spiro atoms. The summed E-state index contributed by atoms with van der Waals surface area (Å²) in [6.45, 7) is 4.42. The van der Waals surface area contributed by atoms with Crippen LogP contribution < -0.4 is 0 Å². The molecule has 1 fully saturated rings. The van der Waals surface area contributed by atoms with Crippen LogP contribution in [-0.4, -0.2) is 5.97 Å². The Labute approximate surface area is 74.0 Å². The van der Waals surface area contributed by atoms with Crippen LogP contribution in [0.25, 0.3) is 0 Å². The van der Waals surface area contributed by atoms with E-state index in [1.807, 2.05) is 0 Å². The molecule has 1 saturated carbocycles. The number of carbonyl (C=O) groups is 1. The Balaban J connectivity index is 2.34. The van der Waals surface area contributed by atoms with E-state index in [9.17, 15) is 9.90 Å². The summed E-state index contributed by atoms with van der Waals surface area (Å²) in [5, 5.41) is 10.5. The lowest BCUT2D eigenvalue weighted by Gasteiger charge is -2.28. The van der Waals surface area contributed by atoms with Gasteiger partial charge < -0.3 is 0 Å². The SMILES string of the molecule is CC(C)[C@H]1CC[C@H](C([O])=O)CC1. The van der Waals surface area contributed by atoms with Crippen LogP contribution in [0.5, 0.6) is 0 Å². The minimum Gasteiger partial charge on any atom is -0.247 e. The van der Waals surface area contributed by atoms with E-state index < -0.39 is 5.97 Å². The van der Waals surface area contributed by atoms with Gasteiger partial charge in [0.15, 0.2) is 0 Å². The summed E-state index contributed by atoms with van der Waals surface area (Å²) in [6, 6.07) is 0. The van der Waals surface area contributed by atoms with E-state index in [4.69, 9.17) is 0 Å². The van der Waals surface area contributed by atoms with Gasteiger partial charge in [0.1, 0.15) is 0 Å². The van der Waals surface area contributed by atoms with Crippen molar-refractivity contribution < 1.29 is 9.90 Å². The second kappa shape index (κ2) is 3.92. The van der Waals surface area contributed by atoms with Gasteiger partial charge >= 0.3 is 5.97 Å². The Hall–Kier alpha value is -0.530. The van der Waals surface area contributed by atoms with Gasteiger partial charge in [0.25, 0.3) is 0 Å². The molecule has 69 valence electrons. The largest absolute Gasteiger partial charge is 0.358 e. The van der Waals surface area contributed by atoms with Crippen molar-refractivity contribution in [1.82, 2.24) is 0 Å². The molecule has 1 aliphatic carbocycles. The molecule has 12 heavy (non-hydrogen) atoms. The van der Waals surface area contributed by atoms with Gasteiger partial charge in [0.05, 0.1) is 5.92 Å². The van der Waals surface area contributed by atoms with E-state index in [-0.39, 0.29) is 5.92 Å². The van der Waals surface area contributed by atoms with Crippen LogP contribution in [0.4, 0.5) is 0 Å². The van der Waals surface area contributed by atoms with Gasteiger partial charge in [-0.1, -0.05) is 13.8 Å². The molecule has 0 aromatic rings. The van der Waals surface area contributed by atoms with Gasteiger partial charge in [-0.15, -0.1) is 0 Å². The van der Waals surface area contributed by atoms with Crippen molar-refractivity contribution in [2.45, 2.75) is 39.5 Å². The van der Waals surface area contributed by atoms with E-state index in [0.717, 1.165) is 31.6 Å². The summed E-state index contributed by atoms with van der Waals surface area (Å²) in [5.74, 6) is 0.422. The highest BCUT2D eigenvalue weighted by Crippen LogP contribution is 2.33. The molecule has 1 radical (unpaired) electrons. The summed E-state index contributed by atoms with van der Waals surface area (Å²) in [5.41, 5.74) is 0. The van der Waals surface area contributed by atoms with Gasteiger partial charge in [-0.2, -0.15) is 0 Å².